The molecule has 17 heavy (non-hydrogen) atoms. The Morgan fingerprint density at radius 2 is 2.06 bits per heavy atom. The van der Waals surface area contributed by atoms with Crippen LogP contribution in [0.3, 0.4) is 0 Å². The molecule has 6 heteroatoms. The number of rotatable bonds is 4. The Hall–Kier alpha value is -0.690. The van der Waals surface area contributed by atoms with Crippen LogP contribution in [0.2, 0.25) is 0 Å². The van der Waals surface area contributed by atoms with Crippen LogP contribution >= 0.6 is 27.3 Å². The molecule has 0 aliphatic carbocycles. The fourth-order valence-corrected chi connectivity index (χ4v) is 3.64. The highest BCUT2D eigenvalue weighted by Gasteiger charge is 2.13. The van der Waals surface area contributed by atoms with Gasteiger partial charge in [0.1, 0.15) is 0 Å². The molecule has 0 bridgehead atoms. The quantitative estimate of drug-likeness (QED) is 0.936. The highest BCUT2D eigenvalue weighted by atomic mass is 79.9. The van der Waals surface area contributed by atoms with E-state index in [2.05, 4.69) is 20.7 Å². The lowest BCUT2D eigenvalue weighted by Crippen LogP contribution is -2.22. The first-order chi connectivity index (χ1) is 8.08. The van der Waals surface area contributed by atoms with Crippen LogP contribution in [-0.4, -0.2) is 8.42 Å². The van der Waals surface area contributed by atoms with Gasteiger partial charge in [0.15, 0.2) is 0 Å². The van der Waals surface area contributed by atoms with Gasteiger partial charge in [0.25, 0.3) is 0 Å². The molecule has 0 unspecified atom stereocenters. The average Bonchev–Trinajstić information content (AvgIpc) is 2.79. The van der Waals surface area contributed by atoms with E-state index in [9.17, 15) is 8.42 Å². The molecule has 0 spiro atoms. The van der Waals surface area contributed by atoms with Gasteiger partial charge in [-0.2, -0.15) is 0 Å². The minimum absolute atomic E-state index is 0.267. The zero-order chi connectivity index (χ0) is 12.3. The van der Waals surface area contributed by atoms with Gasteiger partial charge in [-0.3, -0.25) is 0 Å². The Kier molecular flexibility index (Phi) is 3.98. The lowest BCUT2D eigenvalue weighted by molar-refractivity contribution is 0.582. The van der Waals surface area contributed by atoms with E-state index in [1.54, 1.807) is 24.3 Å². The molecular formula is C11H10BrNO2S2. The second-order valence-electron chi connectivity index (χ2n) is 3.36. The highest BCUT2D eigenvalue weighted by molar-refractivity contribution is 9.10. The molecule has 1 aromatic carbocycles. The molecule has 0 amide bonds. The molecule has 1 aromatic heterocycles. The topological polar surface area (TPSA) is 46.2 Å². The predicted octanol–water partition coefficient (Wildman–Crippen LogP) is 2.99. The normalized spacial score (nSPS) is 11.6. The predicted molar refractivity (Wildman–Crippen MR) is 72.5 cm³/mol. The van der Waals surface area contributed by atoms with E-state index in [1.807, 2.05) is 17.5 Å². The summed E-state index contributed by atoms with van der Waals surface area (Å²) in [5, 5.41) is 1.92. The van der Waals surface area contributed by atoms with Crippen molar-refractivity contribution in [2.45, 2.75) is 11.4 Å². The largest absolute Gasteiger partial charge is 0.240 e. The molecule has 0 radical (unpaired) electrons. The minimum Gasteiger partial charge on any atom is -0.207 e. The van der Waals surface area contributed by atoms with Crippen molar-refractivity contribution in [1.29, 1.82) is 0 Å². The van der Waals surface area contributed by atoms with Crippen molar-refractivity contribution in [3.05, 3.63) is 51.1 Å². The Bertz CT molecular complexity index is 594. The molecule has 0 saturated heterocycles. The molecule has 0 aliphatic heterocycles. The van der Waals surface area contributed by atoms with E-state index in [0.29, 0.717) is 6.54 Å². The number of hydrogen-bond donors (Lipinski definition) is 1. The van der Waals surface area contributed by atoms with E-state index in [0.717, 1.165) is 9.35 Å². The van der Waals surface area contributed by atoms with Crippen LogP contribution in [0.25, 0.3) is 0 Å². The third-order valence-corrected chi connectivity index (χ3v) is 4.89. The average molecular weight is 332 g/mol. The summed E-state index contributed by atoms with van der Waals surface area (Å²) in [5.41, 5.74) is 0. The summed E-state index contributed by atoms with van der Waals surface area (Å²) in [6.45, 7) is 0.326. The fraction of sp³-hybridized carbons (Fsp3) is 0.0909. The summed E-state index contributed by atoms with van der Waals surface area (Å²) in [6.07, 6.45) is 0. The van der Waals surface area contributed by atoms with Crippen LogP contribution in [0.5, 0.6) is 0 Å². The van der Waals surface area contributed by atoms with Gasteiger partial charge >= 0.3 is 0 Å². The van der Waals surface area contributed by atoms with Gasteiger partial charge in [-0.15, -0.1) is 11.3 Å². The second-order valence-corrected chi connectivity index (χ2v) is 7.08. The molecule has 90 valence electrons. The van der Waals surface area contributed by atoms with E-state index >= 15 is 0 Å². The van der Waals surface area contributed by atoms with Gasteiger partial charge in [0, 0.05) is 15.9 Å². The molecule has 0 atom stereocenters. The summed E-state index contributed by atoms with van der Waals surface area (Å²) < 4.78 is 27.2. The molecule has 1 heterocycles. The molecule has 0 fully saturated rings. The number of thiophene rings is 1. The summed E-state index contributed by atoms with van der Waals surface area (Å²) in [5.74, 6) is 0. The number of nitrogens with one attached hydrogen (secondary N) is 1. The lowest BCUT2D eigenvalue weighted by atomic mass is 10.4. The minimum atomic E-state index is -3.43. The monoisotopic (exact) mass is 331 g/mol. The van der Waals surface area contributed by atoms with E-state index in [1.165, 1.54) is 11.3 Å². The third kappa shape index (κ3) is 3.38. The first-order valence-corrected chi connectivity index (χ1v) is 8.01. The van der Waals surface area contributed by atoms with Crippen molar-refractivity contribution in [2.75, 3.05) is 0 Å². The highest BCUT2D eigenvalue weighted by Crippen LogP contribution is 2.16. The van der Waals surface area contributed by atoms with Crippen LogP contribution in [-0.2, 0) is 16.6 Å². The second kappa shape index (κ2) is 5.30. The van der Waals surface area contributed by atoms with Gasteiger partial charge in [0.2, 0.25) is 10.0 Å². The van der Waals surface area contributed by atoms with Gasteiger partial charge < -0.3 is 0 Å². The Morgan fingerprint density at radius 3 is 2.71 bits per heavy atom. The molecule has 1 N–H and O–H groups in total. The van der Waals surface area contributed by atoms with Crippen LogP contribution < -0.4 is 4.72 Å². The smallest absolute Gasteiger partial charge is 0.207 e. The van der Waals surface area contributed by atoms with Gasteiger partial charge in [-0.25, -0.2) is 13.1 Å². The van der Waals surface area contributed by atoms with E-state index in [4.69, 9.17) is 0 Å². The molecule has 3 nitrogen and oxygen atoms in total. The van der Waals surface area contributed by atoms with Crippen molar-refractivity contribution in [1.82, 2.24) is 4.72 Å². The molecule has 0 saturated carbocycles. The van der Waals surface area contributed by atoms with E-state index < -0.39 is 10.0 Å². The molecule has 2 aromatic rings. The lowest BCUT2D eigenvalue weighted by Gasteiger charge is -2.05. The molecular weight excluding hydrogens is 322 g/mol. The third-order valence-electron chi connectivity index (χ3n) is 2.12. The summed E-state index contributed by atoms with van der Waals surface area (Å²) in [4.78, 5) is 1.26. The van der Waals surface area contributed by atoms with Gasteiger partial charge in [0.05, 0.1) is 4.90 Å². The summed E-state index contributed by atoms with van der Waals surface area (Å²) in [6, 6.07) is 10.4. The van der Waals surface area contributed by atoms with Crippen LogP contribution in [0, 0.1) is 0 Å². The first kappa shape index (κ1) is 12.8. The maximum Gasteiger partial charge on any atom is 0.240 e. The Balaban J connectivity index is 2.14. The maximum atomic E-state index is 12.0. The fourth-order valence-electron chi connectivity index (χ4n) is 1.30. The Morgan fingerprint density at radius 1 is 1.24 bits per heavy atom. The SMILES string of the molecule is O=S(=O)(NCc1cccs1)c1cccc(Br)c1. The van der Waals surface area contributed by atoms with Crippen LogP contribution in [0.4, 0.5) is 0 Å². The summed E-state index contributed by atoms with van der Waals surface area (Å²) >= 11 is 4.78. The number of hydrogen-bond acceptors (Lipinski definition) is 3. The van der Waals surface area contributed by atoms with Crippen LogP contribution in [0.1, 0.15) is 4.88 Å². The molecule has 0 aliphatic rings. The standard InChI is InChI=1S/C11H10BrNO2S2/c12-9-3-1-5-11(7-9)17(14,15)13-8-10-4-2-6-16-10/h1-7,13H,8H2. The zero-order valence-electron chi connectivity index (χ0n) is 8.76. The first-order valence-electron chi connectivity index (χ1n) is 4.85. The number of benzene rings is 1. The zero-order valence-corrected chi connectivity index (χ0v) is 12.0. The van der Waals surface area contributed by atoms with E-state index in [-0.39, 0.29) is 4.90 Å². The number of sulfonamides is 1. The van der Waals surface area contributed by atoms with Crippen molar-refractivity contribution in [2.24, 2.45) is 0 Å². The van der Waals surface area contributed by atoms with Gasteiger partial charge in [-0.1, -0.05) is 28.1 Å². The van der Waals surface area contributed by atoms with Gasteiger partial charge in [-0.05, 0) is 29.6 Å². The van der Waals surface area contributed by atoms with Crippen molar-refractivity contribution in [3.8, 4) is 0 Å². The van der Waals surface area contributed by atoms with Crippen LogP contribution in [0.15, 0.2) is 51.1 Å². The van der Waals surface area contributed by atoms with Crippen molar-refractivity contribution >= 4 is 37.3 Å². The van der Waals surface area contributed by atoms with Crippen molar-refractivity contribution in [3.63, 3.8) is 0 Å². The maximum absolute atomic E-state index is 12.0. The number of halogens is 1. The Labute approximate surface area is 113 Å². The van der Waals surface area contributed by atoms with Crippen molar-refractivity contribution < 1.29 is 8.42 Å². The molecule has 2 rings (SSSR count). The summed E-state index contributed by atoms with van der Waals surface area (Å²) in [7, 11) is -3.43.